The highest BCUT2D eigenvalue weighted by Gasteiger charge is 2.18. The molecule has 0 spiro atoms. The topological polar surface area (TPSA) is 38.3 Å². The van der Waals surface area contributed by atoms with E-state index in [0.29, 0.717) is 0 Å². The minimum absolute atomic E-state index is 0.0920. The Hall–Kier alpha value is -2.29. The Balaban J connectivity index is 1.70. The zero-order valence-corrected chi connectivity index (χ0v) is 11.1. The first-order chi connectivity index (χ1) is 9.81. The number of rotatable bonds is 2. The molecule has 0 unspecified atom stereocenters. The zero-order valence-electron chi connectivity index (χ0n) is 11.1. The summed E-state index contributed by atoms with van der Waals surface area (Å²) in [6, 6.07) is 11.7. The first-order valence-electron chi connectivity index (χ1n) is 6.98. The lowest BCUT2D eigenvalue weighted by molar-refractivity contribution is 0.103. The Morgan fingerprint density at radius 3 is 2.70 bits per heavy atom. The van der Waals surface area contributed by atoms with Gasteiger partial charge >= 0.3 is 0 Å². The van der Waals surface area contributed by atoms with Crippen LogP contribution in [0.4, 0.5) is 5.69 Å². The second kappa shape index (κ2) is 4.37. The van der Waals surface area contributed by atoms with E-state index >= 15 is 0 Å². The van der Waals surface area contributed by atoms with Crippen LogP contribution in [0.5, 0.6) is 5.75 Å². The summed E-state index contributed by atoms with van der Waals surface area (Å²) in [5, 5.41) is 3.31. The molecule has 0 saturated carbocycles. The summed E-state index contributed by atoms with van der Waals surface area (Å²) in [5.74, 6) is 1.01. The van der Waals surface area contributed by atoms with Crippen LogP contribution in [0.1, 0.15) is 27.0 Å². The Bertz CT molecular complexity index is 647. The summed E-state index contributed by atoms with van der Waals surface area (Å²) < 4.78 is 5.48. The van der Waals surface area contributed by atoms with Crippen LogP contribution in [0.15, 0.2) is 36.4 Å². The van der Waals surface area contributed by atoms with Crippen LogP contribution in [-0.4, -0.2) is 18.9 Å². The van der Waals surface area contributed by atoms with Crippen LogP contribution >= 0.6 is 0 Å². The van der Waals surface area contributed by atoms with E-state index in [4.69, 9.17) is 4.74 Å². The molecule has 1 N–H and O–H groups in total. The van der Waals surface area contributed by atoms with Crippen LogP contribution in [-0.2, 0) is 12.8 Å². The number of anilines is 1. The normalized spacial score (nSPS) is 15.2. The maximum atomic E-state index is 12.6. The van der Waals surface area contributed by atoms with E-state index in [1.54, 1.807) is 0 Å². The zero-order chi connectivity index (χ0) is 13.5. The van der Waals surface area contributed by atoms with E-state index in [1.165, 1.54) is 5.56 Å². The van der Waals surface area contributed by atoms with Gasteiger partial charge in [0.1, 0.15) is 5.75 Å². The maximum absolute atomic E-state index is 12.6. The van der Waals surface area contributed by atoms with Crippen molar-refractivity contribution in [3.8, 4) is 5.75 Å². The molecule has 3 nitrogen and oxygen atoms in total. The van der Waals surface area contributed by atoms with Crippen molar-refractivity contribution in [2.75, 3.05) is 18.5 Å². The number of nitrogens with one attached hydrogen (secondary N) is 1. The average molecular weight is 265 g/mol. The molecule has 2 aromatic rings. The number of fused-ring (bicyclic) bond motifs is 2. The van der Waals surface area contributed by atoms with E-state index in [2.05, 4.69) is 5.32 Å². The monoisotopic (exact) mass is 265 g/mol. The summed E-state index contributed by atoms with van der Waals surface area (Å²) in [6.07, 6.45) is 1.89. The van der Waals surface area contributed by atoms with Crippen molar-refractivity contribution in [2.45, 2.75) is 12.8 Å². The van der Waals surface area contributed by atoms with Crippen LogP contribution in [0.3, 0.4) is 0 Å². The molecule has 20 heavy (non-hydrogen) atoms. The lowest BCUT2D eigenvalue weighted by atomic mass is 9.98. The van der Waals surface area contributed by atoms with E-state index in [1.807, 2.05) is 36.4 Å². The molecule has 0 radical (unpaired) electrons. The largest absolute Gasteiger partial charge is 0.493 e. The van der Waals surface area contributed by atoms with Gasteiger partial charge in [0.2, 0.25) is 0 Å². The van der Waals surface area contributed by atoms with Gasteiger partial charge in [-0.2, -0.15) is 0 Å². The van der Waals surface area contributed by atoms with Gasteiger partial charge in [0.05, 0.1) is 6.61 Å². The Kier molecular flexibility index (Phi) is 2.52. The van der Waals surface area contributed by atoms with Gasteiger partial charge < -0.3 is 10.1 Å². The van der Waals surface area contributed by atoms with Crippen molar-refractivity contribution in [1.82, 2.24) is 0 Å². The second-order valence-electron chi connectivity index (χ2n) is 5.30. The van der Waals surface area contributed by atoms with E-state index in [-0.39, 0.29) is 5.78 Å². The van der Waals surface area contributed by atoms with E-state index in [0.717, 1.165) is 54.1 Å². The van der Waals surface area contributed by atoms with Gasteiger partial charge in [-0.15, -0.1) is 0 Å². The quantitative estimate of drug-likeness (QED) is 0.849. The van der Waals surface area contributed by atoms with Gasteiger partial charge in [0, 0.05) is 29.8 Å². The molecule has 3 heteroatoms. The van der Waals surface area contributed by atoms with Gasteiger partial charge in [-0.05, 0) is 53.9 Å². The summed E-state index contributed by atoms with van der Waals surface area (Å²) >= 11 is 0. The highest BCUT2D eigenvalue weighted by molar-refractivity contribution is 6.09. The Labute approximate surface area is 117 Å². The van der Waals surface area contributed by atoms with Crippen LogP contribution < -0.4 is 10.1 Å². The number of benzene rings is 2. The molecular weight excluding hydrogens is 250 g/mol. The van der Waals surface area contributed by atoms with Gasteiger partial charge in [0.25, 0.3) is 0 Å². The van der Waals surface area contributed by atoms with Crippen molar-refractivity contribution >= 4 is 11.5 Å². The van der Waals surface area contributed by atoms with Crippen molar-refractivity contribution in [3.63, 3.8) is 0 Å². The maximum Gasteiger partial charge on any atom is 0.193 e. The third-order valence-corrected chi connectivity index (χ3v) is 4.03. The van der Waals surface area contributed by atoms with Crippen molar-refractivity contribution in [1.29, 1.82) is 0 Å². The molecule has 2 aliphatic rings. The molecule has 0 amide bonds. The second-order valence-corrected chi connectivity index (χ2v) is 5.30. The molecule has 0 aliphatic carbocycles. The van der Waals surface area contributed by atoms with E-state index in [9.17, 15) is 4.79 Å². The fraction of sp³-hybridized carbons (Fsp3) is 0.235. The standard InChI is InChI=1S/C17H15NO2/c19-17(13-1-3-15-11(9-13)5-7-18-15)14-2-4-16-12(10-14)6-8-20-16/h1-4,9-10,18H,5-8H2. The number of hydrogen-bond acceptors (Lipinski definition) is 3. The van der Waals surface area contributed by atoms with Crippen LogP contribution in [0, 0.1) is 0 Å². The Morgan fingerprint density at radius 1 is 1.00 bits per heavy atom. The summed E-state index contributed by atoms with van der Waals surface area (Å²) in [7, 11) is 0. The first-order valence-corrected chi connectivity index (χ1v) is 6.98. The fourth-order valence-corrected chi connectivity index (χ4v) is 2.94. The van der Waals surface area contributed by atoms with Crippen molar-refractivity contribution < 1.29 is 9.53 Å². The third kappa shape index (κ3) is 1.78. The van der Waals surface area contributed by atoms with Gasteiger partial charge in [-0.3, -0.25) is 4.79 Å². The summed E-state index contributed by atoms with van der Waals surface area (Å²) in [5.41, 5.74) is 5.05. The number of hydrogen-bond donors (Lipinski definition) is 1. The molecular formula is C17H15NO2. The lowest BCUT2D eigenvalue weighted by Crippen LogP contribution is -2.02. The summed E-state index contributed by atoms with van der Waals surface area (Å²) in [4.78, 5) is 12.6. The molecule has 0 atom stereocenters. The molecule has 0 bridgehead atoms. The molecule has 2 aromatic carbocycles. The average Bonchev–Trinajstić information content (AvgIpc) is 3.13. The SMILES string of the molecule is O=C(c1ccc2c(c1)CCN2)c1ccc2c(c1)CCO2. The highest BCUT2D eigenvalue weighted by Crippen LogP contribution is 2.28. The van der Waals surface area contributed by atoms with Gasteiger partial charge in [-0.1, -0.05) is 0 Å². The van der Waals surface area contributed by atoms with Gasteiger partial charge in [0.15, 0.2) is 5.78 Å². The minimum atomic E-state index is 0.0920. The third-order valence-electron chi connectivity index (χ3n) is 4.03. The smallest absolute Gasteiger partial charge is 0.193 e. The van der Waals surface area contributed by atoms with E-state index < -0.39 is 0 Å². The molecule has 4 rings (SSSR count). The summed E-state index contributed by atoms with van der Waals surface area (Å²) in [6.45, 7) is 1.68. The fourth-order valence-electron chi connectivity index (χ4n) is 2.94. The number of ether oxygens (including phenoxy) is 1. The number of carbonyl (C=O) groups excluding carboxylic acids is 1. The lowest BCUT2D eigenvalue weighted by Gasteiger charge is -2.06. The molecule has 100 valence electrons. The molecule has 2 heterocycles. The van der Waals surface area contributed by atoms with Crippen molar-refractivity contribution in [3.05, 3.63) is 58.7 Å². The molecule has 0 aromatic heterocycles. The molecule has 0 saturated heterocycles. The predicted octanol–water partition coefficient (Wildman–Crippen LogP) is 2.82. The van der Waals surface area contributed by atoms with Crippen LogP contribution in [0.2, 0.25) is 0 Å². The first kappa shape index (κ1) is 11.5. The minimum Gasteiger partial charge on any atom is -0.493 e. The number of carbonyl (C=O) groups is 1. The molecule has 0 fully saturated rings. The van der Waals surface area contributed by atoms with Gasteiger partial charge in [-0.25, -0.2) is 0 Å². The highest BCUT2D eigenvalue weighted by atomic mass is 16.5. The Morgan fingerprint density at radius 2 is 1.80 bits per heavy atom. The van der Waals surface area contributed by atoms with Crippen LogP contribution in [0.25, 0.3) is 0 Å². The predicted molar refractivity (Wildman–Crippen MR) is 77.7 cm³/mol. The molecule has 2 aliphatic heterocycles. The van der Waals surface area contributed by atoms with Crippen molar-refractivity contribution in [2.24, 2.45) is 0 Å². The number of ketones is 1.